The Morgan fingerprint density at radius 1 is 1.44 bits per heavy atom. The number of nitrogens with zero attached hydrogens (tertiary/aromatic N) is 1. The summed E-state index contributed by atoms with van der Waals surface area (Å²) in [7, 11) is 1.58. The van der Waals surface area contributed by atoms with Crippen molar-refractivity contribution in [2.75, 3.05) is 20.3 Å². The summed E-state index contributed by atoms with van der Waals surface area (Å²) >= 11 is 0. The van der Waals surface area contributed by atoms with Crippen molar-refractivity contribution < 1.29 is 9.47 Å². The summed E-state index contributed by atoms with van der Waals surface area (Å²) in [6.45, 7) is 2.46. The van der Waals surface area contributed by atoms with Gasteiger partial charge in [-0.05, 0) is 30.5 Å². The molecule has 4 nitrogen and oxygen atoms in total. The molecule has 2 rings (SSSR count). The molecule has 1 heterocycles. The molecule has 1 aromatic rings. The molecule has 4 heteroatoms. The van der Waals surface area contributed by atoms with E-state index in [1.807, 2.05) is 18.2 Å². The number of ether oxygens (including phenoxy) is 2. The maximum Gasteiger partial charge on any atom is 0.136 e. The molecule has 0 unspecified atom stereocenters. The van der Waals surface area contributed by atoms with E-state index in [0.29, 0.717) is 17.4 Å². The second-order valence-electron chi connectivity index (χ2n) is 4.41. The van der Waals surface area contributed by atoms with Gasteiger partial charge in [-0.25, -0.2) is 0 Å². The van der Waals surface area contributed by atoms with Crippen LogP contribution in [0, 0.1) is 11.3 Å². The van der Waals surface area contributed by atoms with Gasteiger partial charge >= 0.3 is 0 Å². The summed E-state index contributed by atoms with van der Waals surface area (Å²) in [5.41, 5.74) is 1.70. The summed E-state index contributed by atoms with van der Waals surface area (Å²) in [4.78, 5) is 0. The molecule has 0 bridgehead atoms. The summed E-state index contributed by atoms with van der Waals surface area (Å²) < 4.78 is 10.4. The highest BCUT2D eigenvalue weighted by Crippen LogP contribution is 2.19. The van der Waals surface area contributed by atoms with Crippen molar-refractivity contribution in [3.8, 4) is 11.8 Å². The van der Waals surface area contributed by atoms with Gasteiger partial charge in [0.15, 0.2) is 0 Å². The van der Waals surface area contributed by atoms with Crippen LogP contribution < -0.4 is 10.1 Å². The molecule has 1 saturated heterocycles. The summed E-state index contributed by atoms with van der Waals surface area (Å²) in [5.74, 6) is 0.632. The van der Waals surface area contributed by atoms with Crippen LogP contribution in [-0.2, 0) is 11.3 Å². The number of nitriles is 1. The predicted molar refractivity (Wildman–Crippen MR) is 68.4 cm³/mol. The van der Waals surface area contributed by atoms with Gasteiger partial charge < -0.3 is 14.8 Å². The van der Waals surface area contributed by atoms with Crippen LogP contribution in [0.5, 0.6) is 5.75 Å². The molecular formula is C14H18N2O2. The van der Waals surface area contributed by atoms with Crippen molar-refractivity contribution in [1.82, 2.24) is 5.32 Å². The number of benzene rings is 1. The number of nitrogens with one attached hydrogen (secondary N) is 1. The van der Waals surface area contributed by atoms with E-state index in [-0.39, 0.29) is 0 Å². The minimum absolute atomic E-state index is 0.520. The fraction of sp³-hybridized carbons (Fsp3) is 0.500. The second kappa shape index (κ2) is 6.39. The van der Waals surface area contributed by atoms with E-state index < -0.39 is 0 Å². The maximum absolute atomic E-state index is 9.02. The lowest BCUT2D eigenvalue weighted by molar-refractivity contribution is 0.0776. The van der Waals surface area contributed by atoms with Gasteiger partial charge in [0, 0.05) is 25.8 Å². The first-order valence-electron chi connectivity index (χ1n) is 6.21. The van der Waals surface area contributed by atoms with Crippen LogP contribution in [0.4, 0.5) is 0 Å². The minimum atomic E-state index is 0.520. The van der Waals surface area contributed by atoms with Crippen molar-refractivity contribution in [3.05, 3.63) is 29.3 Å². The molecule has 1 aliphatic heterocycles. The molecule has 0 amide bonds. The highest BCUT2D eigenvalue weighted by atomic mass is 16.5. The average molecular weight is 246 g/mol. The zero-order chi connectivity index (χ0) is 12.8. The Kier molecular flexibility index (Phi) is 4.57. The predicted octanol–water partition coefficient (Wildman–Crippen LogP) is 1.84. The van der Waals surface area contributed by atoms with Crippen LogP contribution in [0.1, 0.15) is 24.0 Å². The SMILES string of the molecule is COc1ccc(CNC2CCOCC2)cc1C#N. The van der Waals surface area contributed by atoms with Crippen molar-refractivity contribution in [2.24, 2.45) is 0 Å². The zero-order valence-corrected chi connectivity index (χ0v) is 10.6. The van der Waals surface area contributed by atoms with Gasteiger partial charge in [0.2, 0.25) is 0 Å². The van der Waals surface area contributed by atoms with E-state index in [1.165, 1.54) is 0 Å². The van der Waals surface area contributed by atoms with Gasteiger partial charge in [-0.2, -0.15) is 5.26 Å². The van der Waals surface area contributed by atoms with Crippen LogP contribution in [-0.4, -0.2) is 26.4 Å². The van der Waals surface area contributed by atoms with Crippen molar-refractivity contribution in [2.45, 2.75) is 25.4 Å². The van der Waals surface area contributed by atoms with E-state index in [9.17, 15) is 0 Å². The zero-order valence-electron chi connectivity index (χ0n) is 10.6. The van der Waals surface area contributed by atoms with Crippen molar-refractivity contribution in [3.63, 3.8) is 0 Å². The lowest BCUT2D eigenvalue weighted by atomic mass is 10.1. The maximum atomic E-state index is 9.02. The quantitative estimate of drug-likeness (QED) is 0.880. The molecule has 96 valence electrons. The van der Waals surface area contributed by atoms with Crippen LogP contribution >= 0.6 is 0 Å². The number of rotatable bonds is 4. The molecule has 0 saturated carbocycles. The van der Waals surface area contributed by atoms with Gasteiger partial charge in [0.1, 0.15) is 11.8 Å². The van der Waals surface area contributed by atoms with Gasteiger partial charge in [0.25, 0.3) is 0 Å². The minimum Gasteiger partial charge on any atom is -0.495 e. The van der Waals surface area contributed by atoms with Gasteiger partial charge in [-0.3, -0.25) is 0 Å². The van der Waals surface area contributed by atoms with E-state index in [2.05, 4.69) is 11.4 Å². The van der Waals surface area contributed by atoms with Crippen LogP contribution in [0.25, 0.3) is 0 Å². The molecule has 0 aliphatic carbocycles. The summed E-state index contributed by atoms with van der Waals surface area (Å²) in [6.07, 6.45) is 2.11. The Morgan fingerprint density at radius 3 is 2.89 bits per heavy atom. The lowest BCUT2D eigenvalue weighted by Crippen LogP contribution is -2.34. The summed E-state index contributed by atoms with van der Waals surface area (Å²) in [5, 5.41) is 12.5. The first kappa shape index (κ1) is 12.9. The second-order valence-corrected chi connectivity index (χ2v) is 4.41. The number of hydrogen-bond donors (Lipinski definition) is 1. The highest BCUT2D eigenvalue weighted by molar-refractivity contribution is 5.45. The molecule has 1 fully saturated rings. The Hall–Kier alpha value is -1.57. The average Bonchev–Trinajstić information content (AvgIpc) is 2.45. The highest BCUT2D eigenvalue weighted by Gasteiger charge is 2.13. The number of methoxy groups -OCH3 is 1. The van der Waals surface area contributed by atoms with Crippen molar-refractivity contribution in [1.29, 1.82) is 5.26 Å². The Morgan fingerprint density at radius 2 is 2.22 bits per heavy atom. The Balaban J connectivity index is 1.95. The molecule has 0 radical (unpaired) electrons. The molecule has 0 spiro atoms. The fourth-order valence-electron chi connectivity index (χ4n) is 2.12. The van der Waals surface area contributed by atoms with E-state index in [1.54, 1.807) is 7.11 Å². The lowest BCUT2D eigenvalue weighted by Gasteiger charge is -2.23. The van der Waals surface area contributed by atoms with Crippen LogP contribution in [0.2, 0.25) is 0 Å². The molecule has 1 N–H and O–H groups in total. The smallest absolute Gasteiger partial charge is 0.136 e. The number of hydrogen-bond acceptors (Lipinski definition) is 4. The molecule has 0 aromatic heterocycles. The molecular weight excluding hydrogens is 228 g/mol. The van der Waals surface area contributed by atoms with Gasteiger partial charge in [-0.15, -0.1) is 0 Å². The normalized spacial score (nSPS) is 16.2. The largest absolute Gasteiger partial charge is 0.495 e. The monoisotopic (exact) mass is 246 g/mol. The van der Waals surface area contributed by atoms with Gasteiger partial charge in [-0.1, -0.05) is 6.07 Å². The molecule has 1 aromatic carbocycles. The third-order valence-electron chi connectivity index (χ3n) is 3.20. The Labute approximate surface area is 108 Å². The van der Waals surface area contributed by atoms with Crippen molar-refractivity contribution >= 4 is 0 Å². The topological polar surface area (TPSA) is 54.3 Å². The van der Waals surface area contributed by atoms with E-state index in [4.69, 9.17) is 14.7 Å². The van der Waals surface area contributed by atoms with Crippen LogP contribution in [0.3, 0.4) is 0 Å². The Bertz CT molecular complexity index is 434. The third-order valence-corrected chi connectivity index (χ3v) is 3.20. The van der Waals surface area contributed by atoms with Crippen LogP contribution in [0.15, 0.2) is 18.2 Å². The summed E-state index contributed by atoms with van der Waals surface area (Å²) in [6, 6.07) is 8.39. The fourth-order valence-corrected chi connectivity index (χ4v) is 2.12. The molecule has 0 atom stereocenters. The first-order chi connectivity index (χ1) is 8.83. The molecule has 18 heavy (non-hydrogen) atoms. The standard InChI is InChI=1S/C14H18N2O2/c1-17-14-3-2-11(8-12(14)9-15)10-16-13-4-6-18-7-5-13/h2-3,8,13,16H,4-7,10H2,1H3. The van der Waals surface area contributed by atoms with E-state index >= 15 is 0 Å². The van der Waals surface area contributed by atoms with E-state index in [0.717, 1.165) is 38.2 Å². The van der Waals surface area contributed by atoms with Gasteiger partial charge in [0.05, 0.1) is 12.7 Å². The molecule has 1 aliphatic rings. The first-order valence-corrected chi connectivity index (χ1v) is 6.21. The third kappa shape index (κ3) is 3.22.